The van der Waals surface area contributed by atoms with Gasteiger partial charge in [0.2, 0.25) is 0 Å². The zero-order valence-electron chi connectivity index (χ0n) is 13.7. The molecule has 0 bridgehead atoms. The van der Waals surface area contributed by atoms with Gasteiger partial charge in [-0.3, -0.25) is 9.59 Å². The van der Waals surface area contributed by atoms with Crippen LogP contribution in [0.25, 0.3) is 0 Å². The SMILES string of the molecule is COc1ccccc1N[C@H]1SC(=O)N(c2ccc(C)c(C)c2)C1=O. The summed E-state index contributed by atoms with van der Waals surface area (Å²) in [5.74, 6) is 0.349. The molecule has 124 valence electrons. The average molecular weight is 342 g/mol. The van der Waals surface area contributed by atoms with Crippen LogP contribution in [0.4, 0.5) is 16.2 Å². The fourth-order valence-electron chi connectivity index (χ4n) is 2.50. The van der Waals surface area contributed by atoms with Crippen LogP contribution in [0.3, 0.4) is 0 Å². The van der Waals surface area contributed by atoms with Crippen molar-refractivity contribution in [1.82, 2.24) is 0 Å². The molecule has 3 rings (SSSR count). The first-order chi connectivity index (χ1) is 11.5. The largest absolute Gasteiger partial charge is 0.495 e. The summed E-state index contributed by atoms with van der Waals surface area (Å²) in [5.41, 5.74) is 3.44. The molecule has 1 saturated heterocycles. The first kappa shape index (κ1) is 16.4. The Labute approximate surface area is 145 Å². The number of aryl methyl sites for hydroxylation is 2. The molecule has 2 aromatic rings. The third-order valence-corrected chi connectivity index (χ3v) is 4.93. The van der Waals surface area contributed by atoms with Crippen molar-refractivity contribution in [1.29, 1.82) is 0 Å². The van der Waals surface area contributed by atoms with Gasteiger partial charge in [-0.25, -0.2) is 4.90 Å². The minimum absolute atomic E-state index is 0.279. The molecular weight excluding hydrogens is 324 g/mol. The number of para-hydroxylation sites is 2. The number of nitrogens with zero attached hydrogens (tertiary/aromatic N) is 1. The highest BCUT2D eigenvalue weighted by atomic mass is 32.2. The molecular formula is C18H18N2O3S. The summed E-state index contributed by atoms with van der Waals surface area (Å²) in [7, 11) is 1.57. The fourth-order valence-corrected chi connectivity index (χ4v) is 3.40. The minimum Gasteiger partial charge on any atom is -0.495 e. The van der Waals surface area contributed by atoms with Gasteiger partial charge in [0.1, 0.15) is 5.75 Å². The number of amides is 2. The highest BCUT2D eigenvalue weighted by molar-refractivity contribution is 8.16. The number of methoxy groups -OCH3 is 1. The number of ether oxygens (including phenoxy) is 1. The molecule has 1 atom stereocenters. The monoisotopic (exact) mass is 342 g/mol. The average Bonchev–Trinajstić information content (AvgIpc) is 2.85. The third kappa shape index (κ3) is 2.97. The van der Waals surface area contributed by atoms with Gasteiger partial charge in [-0.15, -0.1) is 0 Å². The van der Waals surface area contributed by atoms with Crippen molar-refractivity contribution in [2.75, 3.05) is 17.3 Å². The lowest BCUT2D eigenvalue weighted by Crippen LogP contribution is -2.34. The third-order valence-electron chi connectivity index (χ3n) is 3.99. The van der Waals surface area contributed by atoms with Gasteiger partial charge in [0.05, 0.1) is 18.5 Å². The van der Waals surface area contributed by atoms with E-state index < -0.39 is 5.37 Å². The summed E-state index contributed by atoms with van der Waals surface area (Å²) in [6.45, 7) is 3.95. The number of thioether (sulfide) groups is 1. The molecule has 1 aliphatic heterocycles. The van der Waals surface area contributed by atoms with Crippen LogP contribution in [-0.4, -0.2) is 23.6 Å². The molecule has 0 radical (unpaired) electrons. The number of benzene rings is 2. The Balaban J connectivity index is 1.85. The molecule has 1 fully saturated rings. The molecule has 0 unspecified atom stereocenters. The second-order valence-corrected chi connectivity index (χ2v) is 6.61. The lowest BCUT2D eigenvalue weighted by Gasteiger charge is -2.17. The molecule has 2 aromatic carbocycles. The highest BCUT2D eigenvalue weighted by Gasteiger charge is 2.41. The van der Waals surface area contributed by atoms with Gasteiger partial charge in [-0.05, 0) is 61.0 Å². The van der Waals surface area contributed by atoms with E-state index in [1.807, 2.05) is 44.2 Å². The lowest BCUT2D eigenvalue weighted by atomic mass is 10.1. The molecule has 0 aromatic heterocycles. The summed E-state index contributed by atoms with van der Waals surface area (Å²) >= 11 is 0.971. The smallest absolute Gasteiger partial charge is 0.295 e. The van der Waals surface area contributed by atoms with Crippen molar-refractivity contribution in [2.45, 2.75) is 19.2 Å². The number of anilines is 2. The van der Waals surface area contributed by atoms with Gasteiger partial charge in [-0.2, -0.15) is 0 Å². The minimum atomic E-state index is -0.671. The number of hydrogen-bond donors (Lipinski definition) is 1. The van der Waals surface area contributed by atoms with E-state index in [9.17, 15) is 9.59 Å². The van der Waals surface area contributed by atoms with Gasteiger partial charge >= 0.3 is 0 Å². The van der Waals surface area contributed by atoms with Crippen LogP contribution in [0, 0.1) is 13.8 Å². The number of carbonyl (C=O) groups excluding carboxylic acids is 2. The Morgan fingerprint density at radius 3 is 2.54 bits per heavy atom. The van der Waals surface area contributed by atoms with Gasteiger partial charge in [0, 0.05) is 0 Å². The maximum Gasteiger partial charge on any atom is 0.295 e. The van der Waals surface area contributed by atoms with Crippen molar-refractivity contribution in [3.05, 3.63) is 53.6 Å². The number of hydrogen-bond acceptors (Lipinski definition) is 5. The topological polar surface area (TPSA) is 58.6 Å². The second kappa shape index (κ2) is 6.57. The van der Waals surface area contributed by atoms with Crippen molar-refractivity contribution in [2.24, 2.45) is 0 Å². The predicted octanol–water partition coefficient (Wildman–Crippen LogP) is 3.95. The summed E-state index contributed by atoms with van der Waals surface area (Å²) < 4.78 is 5.28. The van der Waals surface area contributed by atoms with Crippen molar-refractivity contribution >= 4 is 34.3 Å². The van der Waals surface area contributed by atoms with Crippen LogP contribution >= 0.6 is 11.8 Å². The van der Waals surface area contributed by atoms with E-state index in [4.69, 9.17) is 4.74 Å². The molecule has 2 amide bonds. The van der Waals surface area contributed by atoms with Crippen LogP contribution in [0.2, 0.25) is 0 Å². The molecule has 1 N–H and O–H groups in total. The Morgan fingerprint density at radius 1 is 1.08 bits per heavy atom. The summed E-state index contributed by atoms with van der Waals surface area (Å²) in [4.78, 5) is 26.3. The van der Waals surface area contributed by atoms with Crippen LogP contribution in [-0.2, 0) is 4.79 Å². The summed E-state index contributed by atoms with van der Waals surface area (Å²) in [6.07, 6.45) is 0. The Bertz CT molecular complexity index is 807. The molecule has 0 spiro atoms. The van der Waals surface area contributed by atoms with Crippen molar-refractivity contribution in [3.63, 3.8) is 0 Å². The van der Waals surface area contributed by atoms with E-state index in [0.717, 1.165) is 22.9 Å². The standard InChI is InChI=1S/C18H18N2O3S/c1-11-8-9-13(10-12(11)2)20-17(21)16(24-18(20)22)19-14-6-4-5-7-15(14)23-3/h4-10,16,19H,1-3H3/t16-/m0/s1. The lowest BCUT2D eigenvalue weighted by molar-refractivity contribution is -0.116. The number of imide groups is 1. The van der Waals surface area contributed by atoms with Crippen LogP contribution < -0.4 is 15.0 Å². The van der Waals surface area contributed by atoms with E-state index in [1.54, 1.807) is 19.2 Å². The maximum atomic E-state index is 12.7. The van der Waals surface area contributed by atoms with Gasteiger partial charge < -0.3 is 10.1 Å². The van der Waals surface area contributed by atoms with E-state index in [-0.39, 0.29) is 11.1 Å². The fraction of sp³-hybridized carbons (Fsp3) is 0.222. The first-order valence-corrected chi connectivity index (χ1v) is 8.40. The molecule has 0 aliphatic carbocycles. The van der Waals surface area contributed by atoms with Crippen molar-refractivity contribution in [3.8, 4) is 5.75 Å². The van der Waals surface area contributed by atoms with Crippen LogP contribution in [0.1, 0.15) is 11.1 Å². The molecule has 5 nitrogen and oxygen atoms in total. The highest BCUT2D eigenvalue weighted by Crippen LogP contribution is 2.35. The van der Waals surface area contributed by atoms with E-state index >= 15 is 0 Å². The Hall–Kier alpha value is -2.47. The van der Waals surface area contributed by atoms with Crippen LogP contribution in [0.15, 0.2) is 42.5 Å². The van der Waals surface area contributed by atoms with Crippen molar-refractivity contribution < 1.29 is 14.3 Å². The van der Waals surface area contributed by atoms with Gasteiger partial charge in [-0.1, -0.05) is 18.2 Å². The molecule has 1 heterocycles. The summed E-state index contributed by atoms with van der Waals surface area (Å²) in [6, 6.07) is 12.9. The number of nitrogens with one attached hydrogen (secondary N) is 1. The Kier molecular flexibility index (Phi) is 4.49. The van der Waals surface area contributed by atoms with E-state index in [1.165, 1.54) is 4.90 Å². The quantitative estimate of drug-likeness (QED) is 0.912. The van der Waals surface area contributed by atoms with E-state index in [2.05, 4.69) is 5.32 Å². The second-order valence-electron chi connectivity index (χ2n) is 5.55. The number of carbonyl (C=O) groups is 2. The zero-order valence-corrected chi connectivity index (χ0v) is 14.5. The first-order valence-electron chi connectivity index (χ1n) is 7.52. The molecule has 0 saturated carbocycles. The van der Waals surface area contributed by atoms with E-state index in [0.29, 0.717) is 17.1 Å². The normalized spacial score (nSPS) is 17.3. The van der Waals surface area contributed by atoms with Gasteiger partial charge in [0.25, 0.3) is 11.1 Å². The Morgan fingerprint density at radius 2 is 1.83 bits per heavy atom. The zero-order chi connectivity index (χ0) is 17.3. The maximum absolute atomic E-state index is 12.7. The van der Waals surface area contributed by atoms with Crippen LogP contribution in [0.5, 0.6) is 5.75 Å². The van der Waals surface area contributed by atoms with Gasteiger partial charge in [0.15, 0.2) is 5.37 Å². The number of rotatable bonds is 4. The molecule has 6 heteroatoms. The molecule has 1 aliphatic rings. The molecule has 24 heavy (non-hydrogen) atoms. The predicted molar refractivity (Wildman–Crippen MR) is 96.8 cm³/mol. The summed E-state index contributed by atoms with van der Waals surface area (Å²) in [5, 5.41) is 2.14.